The second-order valence-corrected chi connectivity index (χ2v) is 10.4. The van der Waals surface area contributed by atoms with Crippen LogP contribution in [-0.4, -0.2) is 50.3 Å². The van der Waals surface area contributed by atoms with Crippen LogP contribution in [-0.2, 0) is 14.8 Å². The number of rotatable bonds is 8. The number of piperidine rings is 1. The van der Waals surface area contributed by atoms with Crippen molar-refractivity contribution in [2.24, 2.45) is 0 Å². The number of amides is 1. The smallest absolute Gasteiger partial charge is 0.261 e. The zero-order valence-electron chi connectivity index (χ0n) is 19.3. The van der Waals surface area contributed by atoms with Crippen LogP contribution in [0.25, 0.3) is 0 Å². The second kappa shape index (κ2) is 10.8. The van der Waals surface area contributed by atoms with Gasteiger partial charge in [0.05, 0.1) is 10.9 Å². The van der Waals surface area contributed by atoms with Gasteiger partial charge in [-0.25, -0.2) is 8.42 Å². The summed E-state index contributed by atoms with van der Waals surface area (Å²) in [6, 6.07) is 25.8. The number of nitrogens with zero attached hydrogens (tertiary/aromatic N) is 2. The van der Waals surface area contributed by atoms with Gasteiger partial charge in [0.15, 0.2) is 6.61 Å². The molecule has 4 rings (SSSR count). The molecule has 1 heterocycles. The molecule has 1 fully saturated rings. The van der Waals surface area contributed by atoms with Crippen LogP contribution in [0.1, 0.15) is 36.4 Å². The lowest BCUT2D eigenvalue weighted by molar-refractivity contribution is -0.133. The average Bonchev–Trinajstić information content (AvgIpc) is 2.89. The van der Waals surface area contributed by atoms with E-state index in [-0.39, 0.29) is 23.5 Å². The molecular formula is C27H30N2O4S. The molecule has 34 heavy (non-hydrogen) atoms. The molecule has 0 radical (unpaired) electrons. The topological polar surface area (TPSA) is 66.9 Å². The Balaban J connectivity index is 1.43. The van der Waals surface area contributed by atoms with Gasteiger partial charge in [-0.2, -0.15) is 4.31 Å². The maximum absolute atomic E-state index is 13.0. The fourth-order valence-electron chi connectivity index (χ4n) is 4.26. The van der Waals surface area contributed by atoms with Gasteiger partial charge in [0.2, 0.25) is 10.0 Å². The lowest BCUT2D eigenvalue weighted by Gasteiger charge is -2.29. The minimum atomic E-state index is -3.49. The van der Waals surface area contributed by atoms with Gasteiger partial charge in [0.1, 0.15) is 5.75 Å². The zero-order chi connectivity index (χ0) is 24.0. The average molecular weight is 479 g/mol. The molecule has 1 saturated heterocycles. The Morgan fingerprint density at radius 3 is 1.91 bits per heavy atom. The molecule has 3 aromatic carbocycles. The van der Waals surface area contributed by atoms with E-state index in [0.29, 0.717) is 18.8 Å². The summed E-state index contributed by atoms with van der Waals surface area (Å²) in [6.45, 7) is 0.974. The third-order valence-electron chi connectivity index (χ3n) is 6.15. The lowest BCUT2D eigenvalue weighted by Crippen LogP contribution is -2.35. The summed E-state index contributed by atoms with van der Waals surface area (Å²) < 4.78 is 32.9. The minimum Gasteiger partial charge on any atom is -0.484 e. The molecular weight excluding hydrogens is 448 g/mol. The third kappa shape index (κ3) is 5.48. The van der Waals surface area contributed by atoms with E-state index in [1.165, 1.54) is 4.31 Å². The summed E-state index contributed by atoms with van der Waals surface area (Å²) in [5.74, 6) is 0.276. The molecule has 0 atom stereocenters. The largest absolute Gasteiger partial charge is 0.484 e. The molecule has 0 saturated carbocycles. The summed E-state index contributed by atoms with van der Waals surface area (Å²) >= 11 is 0. The summed E-state index contributed by atoms with van der Waals surface area (Å²) in [7, 11) is -1.72. The van der Waals surface area contributed by atoms with Crippen molar-refractivity contribution in [3.8, 4) is 5.75 Å². The van der Waals surface area contributed by atoms with Crippen LogP contribution in [0, 0.1) is 0 Å². The molecule has 0 aromatic heterocycles. The number of carbonyl (C=O) groups excluding carboxylic acids is 1. The van der Waals surface area contributed by atoms with E-state index in [1.807, 2.05) is 60.7 Å². The van der Waals surface area contributed by atoms with Gasteiger partial charge in [0, 0.05) is 20.1 Å². The third-order valence-corrected chi connectivity index (χ3v) is 8.06. The van der Waals surface area contributed by atoms with Gasteiger partial charge in [-0.05, 0) is 48.2 Å². The number of hydrogen-bond acceptors (Lipinski definition) is 4. The number of likely N-dealkylation sites (N-methyl/N-ethyl adjacent to an activating group) is 1. The molecule has 1 aliphatic heterocycles. The van der Waals surface area contributed by atoms with Crippen LogP contribution in [0.5, 0.6) is 5.75 Å². The standard InChI is InChI=1S/C27H30N2O4S/c1-28(27(22-11-5-2-6-12-22)23-13-7-3-8-14-23)26(30)21-33-24-15-17-25(18-16-24)34(31,32)29-19-9-4-10-20-29/h2-3,5-8,11-18,27H,4,9-10,19-21H2,1H3. The highest BCUT2D eigenvalue weighted by molar-refractivity contribution is 7.89. The highest BCUT2D eigenvalue weighted by atomic mass is 32.2. The predicted octanol–water partition coefficient (Wildman–Crippen LogP) is 4.49. The Bertz CT molecular complexity index is 1140. The van der Waals surface area contributed by atoms with Crippen molar-refractivity contribution in [1.29, 1.82) is 0 Å². The van der Waals surface area contributed by atoms with E-state index in [0.717, 1.165) is 30.4 Å². The number of hydrogen-bond donors (Lipinski definition) is 0. The van der Waals surface area contributed by atoms with E-state index >= 15 is 0 Å². The molecule has 178 valence electrons. The van der Waals surface area contributed by atoms with Crippen LogP contribution in [0.2, 0.25) is 0 Å². The Kier molecular flexibility index (Phi) is 7.65. The van der Waals surface area contributed by atoms with Gasteiger partial charge < -0.3 is 9.64 Å². The summed E-state index contributed by atoms with van der Waals surface area (Å²) in [4.78, 5) is 15.0. The lowest BCUT2D eigenvalue weighted by atomic mass is 9.97. The molecule has 0 bridgehead atoms. The van der Waals surface area contributed by atoms with Crippen molar-refractivity contribution in [1.82, 2.24) is 9.21 Å². The van der Waals surface area contributed by atoms with Crippen LogP contribution >= 0.6 is 0 Å². The second-order valence-electron chi connectivity index (χ2n) is 8.45. The monoisotopic (exact) mass is 478 g/mol. The summed E-state index contributed by atoms with van der Waals surface area (Å²) in [5, 5.41) is 0. The maximum atomic E-state index is 13.0. The van der Waals surface area contributed by atoms with E-state index in [1.54, 1.807) is 36.2 Å². The van der Waals surface area contributed by atoms with Crippen molar-refractivity contribution in [2.45, 2.75) is 30.2 Å². The van der Waals surface area contributed by atoms with E-state index < -0.39 is 10.0 Å². The fourth-order valence-corrected chi connectivity index (χ4v) is 5.78. The Morgan fingerprint density at radius 1 is 0.853 bits per heavy atom. The quantitative estimate of drug-likeness (QED) is 0.479. The number of ether oxygens (including phenoxy) is 1. The van der Waals surface area contributed by atoms with Crippen molar-refractivity contribution >= 4 is 15.9 Å². The summed E-state index contributed by atoms with van der Waals surface area (Å²) in [5.41, 5.74) is 2.02. The van der Waals surface area contributed by atoms with E-state index in [4.69, 9.17) is 4.74 Å². The molecule has 0 N–H and O–H groups in total. The normalized spacial score (nSPS) is 14.6. The van der Waals surface area contributed by atoms with Crippen LogP contribution in [0.4, 0.5) is 0 Å². The number of benzene rings is 3. The molecule has 6 nitrogen and oxygen atoms in total. The van der Waals surface area contributed by atoms with Crippen molar-refractivity contribution in [2.75, 3.05) is 26.7 Å². The first-order chi connectivity index (χ1) is 16.5. The molecule has 3 aromatic rings. The number of sulfonamides is 1. The summed E-state index contributed by atoms with van der Waals surface area (Å²) in [6.07, 6.45) is 2.85. The van der Waals surface area contributed by atoms with Crippen molar-refractivity contribution < 1.29 is 17.9 Å². The van der Waals surface area contributed by atoms with Gasteiger partial charge >= 0.3 is 0 Å². The molecule has 1 aliphatic rings. The van der Waals surface area contributed by atoms with Gasteiger partial charge in [-0.3, -0.25) is 4.79 Å². The predicted molar refractivity (Wildman–Crippen MR) is 132 cm³/mol. The zero-order valence-corrected chi connectivity index (χ0v) is 20.2. The molecule has 1 amide bonds. The highest BCUT2D eigenvalue weighted by Crippen LogP contribution is 2.28. The highest BCUT2D eigenvalue weighted by Gasteiger charge is 2.26. The first kappa shape index (κ1) is 24.0. The first-order valence-electron chi connectivity index (χ1n) is 11.6. The molecule has 7 heteroatoms. The Labute approximate surface area is 201 Å². The van der Waals surface area contributed by atoms with E-state index in [2.05, 4.69) is 0 Å². The van der Waals surface area contributed by atoms with Gasteiger partial charge in [-0.1, -0.05) is 67.1 Å². The number of carbonyl (C=O) groups is 1. The fraction of sp³-hybridized carbons (Fsp3) is 0.296. The van der Waals surface area contributed by atoms with Crippen LogP contribution in [0.15, 0.2) is 89.8 Å². The first-order valence-corrected chi connectivity index (χ1v) is 13.0. The van der Waals surface area contributed by atoms with Crippen LogP contribution in [0.3, 0.4) is 0 Å². The minimum absolute atomic E-state index is 0.148. The Hall–Kier alpha value is -3.16. The van der Waals surface area contributed by atoms with E-state index in [9.17, 15) is 13.2 Å². The molecule has 0 unspecified atom stereocenters. The maximum Gasteiger partial charge on any atom is 0.261 e. The van der Waals surface area contributed by atoms with Gasteiger partial charge in [0.25, 0.3) is 5.91 Å². The van der Waals surface area contributed by atoms with Gasteiger partial charge in [-0.15, -0.1) is 0 Å². The van der Waals surface area contributed by atoms with Crippen molar-refractivity contribution in [3.63, 3.8) is 0 Å². The SMILES string of the molecule is CN(C(=O)COc1ccc(S(=O)(=O)N2CCCCC2)cc1)C(c1ccccc1)c1ccccc1. The Morgan fingerprint density at radius 2 is 1.38 bits per heavy atom. The molecule has 0 aliphatic carbocycles. The van der Waals surface area contributed by atoms with Crippen molar-refractivity contribution in [3.05, 3.63) is 96.1 Å². The molecule has 0 spiro atoms. The van der Waals surface area contributed by atoms with Crippen LogP contribution < -0.4 is 4.74 Å².